The highest BCUT2D eigenvalue weighted by Gasteiger charge is 2.30. The van der Waals surface area contributed by atoms with Gasteiger partial charge in [0, 0.05) is 11.6 Å². The summed E-state index contributed by atoms with van der Waals surface area (Å²) in [5, 5.41) is 10.8. The highest BCUT2D eigenvalue weighted by atomic mass is 35.5. The number of aromatic nitrogens is 3. The number of nitrogens with one attached hydrogen (secondary N) is 2. The van der Waals surface area contributed by atoms with Crippen LogP contribution in [0.25, 0.3) is 11.3 Å². The zero-order valence-electron chi connectivity index (χ0n) is 14.3. The van der Waals surface area contributed by atoms with Crippen LogP contribution in [0.4, 0.5) is 0 Å². The van der Waals surface area contributed by atoms with Crippen LogP contribution in [0.3, 0.4) is 0 Å². The van der Waals surface area contributed by atoms with Gasteiger partial charge in [-0.25, -0.2) is 0 Å². The summed E-state index contributed by atoms with van der Waals surface area (Å²) < 4.78 is 0.830. The first-order valence-corrected chi connectivity index (χ1v) is 10.9. The molecule has 0 spiro atoms. The van der Waals surface area contributed by atoms with Crippen LogP contribution in [-0.4, -0.2) is 27.1 Å². The Balaban J connectivity index is 1.61. The maximum Gasteiger partial charge on any atom is 0.278 e. The Labute approximate surface area is 178 Å². The second kappa shape index (κ2) is 8.24. The molecule has 28 heavy (non-hydrogen) atoms. The molecule has 144 valence electrons. The number of thiophene rings is 1. The minimum atomic E-state index is -0.545. The number of benzene rings is 1. The minimum absolute atomic E-state index is 0.0937. The van der Waals surface area contributed by atoms with E-state index in [-0.39, 0.29) is 22.8 Å². The van der Waals surface area contributed by atoms with Crippen LogP contribution in [0.5, 0.6) is 0 Å². The molecule has 2 aromatic heterocycles. The summed E-state index contributed by atoms with van der Waals surface area (Å²) in [5.41, 5.74) is 0.914. The Morgan fingerprint density at radius 2 is 2.00 bits per heavy atom. The summed E-state index contributed by atoms with van der Waals surface area (Å²) >= 11 is 14.4. The molecular formula is C18H14Cl2N4O2S2. The Morgan fingerprint density at radius 3 is 2.61 bits per heavy atom. The molecule has 0 radical (unpaired) electrons. The lowest BCUT2D eigenvalue weighted by atomic mass is 10.1. The molecule has 1 atom stereocenters. The van der Waals surface area contributed by atoms with Crippen molar-refractivity contribution in [3.63, 3.8) is 0 Å². The Bertz CT molecular complexity index is 1070. The van der Waals surface area contributed by atoms with Crippen LogP contribution in [0.1, 0.15) is 23.7 Å². The summed E-state index contributed by atoms with van der Waals surface area (Å²) in [6.45, 7) is 0. The zero-order chi connectivity index (χ0) is 19.7. The molecule has 0 aliphatic heterocycles. The zero-order valence-corrected chi connectivity index (χ0v) is 17.5. The van der Waals surface area contributed by atoms with E-state index in [4.69, 9.17) is 23.2 Å². The number of carbonyl (C=O) groups is 1. The second-order valence-electron chi connectivity index (χ2n) is 6.24. The molecule has 1 aromatic carbocycles. The van der Waals surface area contributed by atoms with Crippen LogP contribution in [0.2, 0.25) is 8.67 Å². The highest BCUT2D eigenvalue weighted by molar-refractivity contribution is 8.00. The van der Waals surface area contributed by atoms with E-state index in [1.807, 2.05) is 30.3 Å². The number of nitrogens with zero attached hydrogens (tertiary/aromatic N) is 2. The Kier molecular flexibility index (Phi) is 5.73. The van der Waals surface area contributed by atoms with Crippen molar-refractivity contribution in [2.45, 2.75) is 29.3 Å². The van der Waals surface area contributed by atoms with Gasteiger partial charge in [-0.1, -0.05) is 65.3 Å². The molecule has 1 amide bonds. The number of amides is 1. The standard InChI is InChI=1S/C18H14Cl2N4O2S2/c19-12-8-11(15(20)27-12)13-16(25)22-18(24-23-13)28-14(9-4-2-1-3-5-9)17(26)21-10-6-7-10/h1-5,8,10,14H,6-7H2,(H,21,26)(H,22,24,25)/t14-/m0/s1. The molecule has 3 aromatic rings. The number of rotatable bonds is 6. The highest BCUT2D eigenvalue weighted by Crippen LogP contribution is 2.37. The number of carbonyl (C=O) groups excluding carboxylic acids is 1. The summed E-state index contributed by atoms with van der Waals surface area (Å²) in [7, 11) is 0. The Morgan fingerprint density at radius 1 is 1.25 bits per heavy atom. The fourth-order valence-electron chi connectivity index (χ4n) is 2.57. The van der Waals surface area contributed by atoms with Gasteiger partial charge in [0.25, 0.3) is 5.56 Å². The molecule has 6 nitrogen and oxygen atoms in total. The maximum absolute atomic E-state index is 12.7. The minimum Gasteiger partial charge on any atom is -0.352 e. The van der Waals surface area contributed by atoms with Gasteiger partial charge in [0.2, 0.25) is 5.91 Å². The normalized spacial score (nSPS) is 14.6. The third kappa shape index (κ3) is 4.41. The van der Waals surface area contributed by atoms with Crippen LogP contribution in [0, 0.1) is 0 Å². The third-order valence-electron chi connectivity index (χ3n) is 4.08. The molecule has 1 aliphatic rings. The van der Waals surface area contributed by atoms with Gasteiger partial charge >= 0.3 is 0 Å². The van der Waals surface area contributed by atoms with E-state index in [1.165, 1.54) is 0 Å². The molecule has 1 saturated carbocycles. The van der Waals surface area contributed by atoms with Crippen LogP contribution in [-0.2, 0) is 4.79 Å². The first-order valence-electron chi connectivity index (χ1n) is 8.45. The van der Waals surface area contributed by atoms with Gasteiger partial charge < -0.3 is 5.32 Å². The average Bonchev–Trinajstić information content (AvgIpc) is 3.42. The number of hydrogen-bond acceptors (Lipinski definition) is 6. The van der Waals surface area contributed by atoms with Crippen molar-refractivity contribution in [2.24, 2.45) is 0 Å². The first kappa shape index (κ1) is 19.4. The molecule has 4 rings (SSSR count). The molecule has 2 heterocycles. The monoisotopic (exact) mass is 452 g/mol. The van der Waals surface area contributed by atoms with Crippen molar-refractivity contribution < 1.29 is 4.79 Å². The van der Waals surface area contributed by atoms with Crippen LogP contribution in [0.15, 0.2) is 46.3 Å². The summed E-state index contributed by atoms with van der Waals surface area (Å²) in [6, 6.07) is 11.2. The third-order valence-corrected chi connectivity index (χ3v) is 6.70. The molecule has 1 aliphatic carbocycles. The predicted molar refractivity (Wildman–Crippen MR) is 112 cm³/mol. The van der Waals surface area contributed by atoms with Gasteiger partial charge in [0.15, 0.2) is 10.9 Å². The quantitative estimate of drug-likeness (QED) is 0.543. The van der Waals surface area contributed by atoms with Gasteiger partial charge in [0.1, 0.15) is 9.59 Å². The molecule has 0 saturated heterocycles. The lowest BCUT2D eigenvalue weighted by molar-refractivity contribution is -0.120. The predicted octanol–water partition coefficient (Wildman–Crippen LogP) is 4.31. The van der Waals surface area contributed by atoms with E-state index in [0.29, 0.717) is 14.2 Å². The molecule has 2 N–H and O–H groups in total. The first-order chi connectivity index (χ1) is 13.5. The molecule has 0 bridgehead atoms. The van der Waals surface area contributed by atoms with E-state index in [2.05, 4.69) is 20.5 Å². The Hall–Kier alpha value is -1.87. The van der Waals surface area contributed by atoms with Gasteiger partial charge in [-0.05, 0) is 24.5 Å². The van der Waals surface area contributed by atoms with Crippen molar-refractivity contribution in [3.8, 4) is 11.3 Å². The van der Waals surface area contributed by atoms with Gasteiger partial charge in [-0.15, -0.1) is 21.5 Å². The van der Waals surface area contributed by atoms with E-state index < -0.39 is 10.8 Å². The molecule has 1 fully saturated rings. The van der Waals surface area contributed by atoms with Gasteiger partial charge in [0.05, 0.1) is 4.34 Å². The van der Waals surface area contributed by atoms with Crippen LogP contribution >= 0.6 is 46.3 Å². The van der Waals surface area contributed by atoms with E-state index in [9.17, 15) is 9.59 Å². The molecule has 10 heteroatoms. The van der Waals surface area contributed by atoms with Gasteiger partial charge in [-0.3, -0.25) is 14.6 Å². The lowest BCUT2D eigenvalue weighted by Crippen LogP contribution is -2.30. The number of aromatic amines is 1. The van der Waals surface area contributed by atoms with Crippen molar-refractivity contribution >= 4 is 52.2 Å². The SMILES string of the molecule is O=C(NC1CC1)[C@@H](Sc1nnc(-c2cc(Cl)sc2Cl)c(=O)[nH]1)c1ccccc1. The van der Waals surface area contributed by atoms with Crippen LogP contribution < -0.4 is 10.9 Å². The average molecular weight is 453 g/mol. The summed E-state index contributed by atoms with van der Waals surface area (Å²) in [4.78, 5) is 27.9. The number of H-pyrrole nitrogens is 1. The smallest absolute Gasteiger partial charge is 0.278 e. The number of halogens is 2. The van der Waals surface area contributed by atoms with Crippen molar-refractivity contribution in [1.82, 2.24) is 20.5 Å². The molecular weight excluding hydrogens is 439 g/mol. The van der Waals surface area contributed by atoms with E-state index in [0.717, 1.165) is 41.5 Å². The fourth-order valence-corrected chi connectivity index (χ4v) is 4.97. The molecule has 0 unspecified atom stereocenters. The summed E-state index contributed by atoms with van der Waals surface area (Å²) in [5.74, 6) is -0.113. The van der Waals surface area contributed by atoms with E-state index in [1.54, 1.807) is 6.07 Å². The van der Waals surface area contributed by atoms with E-state index >= 15 is 0 Å². The largest absolute Gasteiger partial charge is 0.352 e. The number of hydrogen-bond donors (Lipinski definition) is 2. The van der Waals surface area contributed by atoms with Crippen molar-refractivity contribution in [2.75, 3.05) is 0 Å². The van der Waals surface area contributed by atoms with Crippen molar-refractivity contribution in [3.05, 3.63) is 61.0 Å². The lowest BCUT2D eigenvalue weighted by Gasteiger charge is -2.16. The van der Waals surface area contributed by atoms with Crippen molar-refractivity contribution in [1.29, 1.82) is 0 Å². The second-order valence-corrected chi connectivity index (χ2v) is 9.62. The van der Waals surface area contributed by atoms with Gasteiger partial charge in [-0.2, -0.15) is 0 Å². The number of thioether (sulfide) groups is 1. The fraction of sp³-hybridized carbons (Fsp3) is 0.222. The summed E-state index contributed by atoms with van der Waals surface area (Å²) in [6.07, 6.45) is 1.99. The topological polar surface area (TPSA) is 87.7 Å². The maximum atomic E-state index is 12.7.